The lowest BCUT2D eigenvalue weighted by molar-refractivity contribution is 0.312. The lowest BCUT2D eigenvalue weighted by atomic mass is 9.98. The summed E-state index contributed by atoms with van der Waals surface area (Å²) in [4.78, 5) is 16.2. The Morgan fingerprint density at radius 2 is 1.90 bits per heavy atom. The van der Waals surface area contributed by atoms with E-state index >= 15 is 0 Å². The lowest BCUT2D eigenvalue weighted by Gasteiger charge is -2.33. The summed E-state index contributed by atoms with van der Waals surface area (Å²) in [6.07, 6.45) is 3.05. The number of methoxy groups -OCH3 is 1. The molecular weight excluding hydrogens is 388 g/mol. The number of aliphatic imine (C=N–C) groups is 1. The second kappa shape index (κ2) is 10.0. The van der Waals surface area contributed by atoms with E-state index in [1.165, 1.54) is 11.1 Å². The van der Waals surface area contributed by atoms with E-state index < -0.39 is 0 Å². The molecule has 7 heteroatoms. The van der Waals surface area contributed by atoms with Gasteiger partial charge in [0.1, 0.15) is 11.6 Å². The van der Waals surface area contributed by atoms with Crippen molar-refractivity contribution in [1.82, 2.24) is 20.1 Å². The van der Waals surface area contributed by atoms with Crippen molar-refractivity contribution in [2.45, 2.75) is 18.9 Å². The molecule has 1 atom stereocenters. The van der Waals surface area contributed by atoms with E-state index in [0.717, 1.165) is 69.8 Å². The summed E-state index contributed by atoms with van der Waals surface area (Å²) in [5, 5.41) is 3.56. The predicted molar refractivity (Wildman–Crippen MR) is 126 cm³/mol. The van der Waals surface area contributed by atoms with Crippen molar-refractivity contribution in [3.05, 3.63) is 53.7 Å². The van der Waals surface area contributed by atoms with Crippen LogP contribution < -0.4 is 15.0 Å². The molecule has 1 aromatic heterocycles. The van der Waals surface area contributed by atoms with Crippen molar-refractivity contribution < 1.29 is 4.74 Å². The van der Waals surface area contributed by atoms with Crippen molar-refractivity contribution >= 4 is 11.8 Å². The number of likely N-dealkylation sites (tertiary alicyclic amines) is 1. The number of anilines is 1. The predicted octanol–water partition coefficient (Wildman–Crippen LogP) is 2.41. The minimum absolute atomic E-state index is 0.522. The zero-order valence-corrected chi connectivity index (χ0v) is 18.9. The van der Waals surface area contributed by atoms with E-state index in [2.05, 4.69) is 61.3 Å². The van der Waals surface area contributed by atoms with Crippen LogP contribution in [-0.4, -0.2) is 81.2 Å². The van der Waals surface area contributed by atoms with E-state index in [9.17, 15) is 0 Å². The zero-order chi connectivity index (χ0) is 21.6. The van der Waals surface area contributed by atoms with Gasteiger partial charge in [0.25, 0.3) is 0 Å². The Hall–Kier alpha value is -2.80. The first-order chi connectivity index (χ1) is 15.2. The summed E-state index contributed by atoms with van der Waals surface area (Å²) in [5.74, 6) is 3.47. The average Bonchev–Trinajstić information content (AvgIpc) is 3.30. The fourth-order valence-corrected chi connectivity index (χ4v) is 4.39. The first-order valence-electron chi connectivity index (χ1n) is 11.1. The van der Waals surface area contributed by atoms with Crippen LogP contribution in [0.5, 0.6) is 5.75 Å². The standard InChI is InChI=1S/C24H34N6O/c1-25-24(30-11-9-21(18-30)20-4-6-22(31-3)7-5-20)27-17-19-8-10-26-23(16-19)29-14-12-28(2)13-15-29/h4-8,10,16,21H,9,11-15,17-18H2,1-3H3,(H,25,27). The van der Waals surface area contributed by atoms with Gasteiger partial charge >= 0.3 is 0 Å². The van der Waals surface area contributed by atoms with E-state index in [0.29, 0.717) is 5.92 Å². The summed E-state index contributed by atoms with van der Waals surface area (Å²) in [7, 11) is 5.75. The molecule has 3 heterocycles. The number of piperazine rings is 1. The van der Waals surface area contributed by atoms with Crippen molar-refractivity contribution in [3.8, 4) is 5.75 Å². The summed E-state index contributed by atoms with van der Waals surface area (Å²) < 4.78 is 5.29. The van der Waals surface area contributed by atoms with Gasteiger partial charge in [0.2, 0.25) is 0 Å². The zero-order valence-electron chi connectivity index (χ0n) is 18.9. The van der Waals surface area contributed by atoms with Gasteiger partial charge in [-0.25, -0.2) is 4.98 Å². The molecule has 1 aromatic carbocycles. The fraction of sp³-hybridized carbons (Fsp3) is 0.500. The highest BCUT2D eigenvalue weighted by molar-refractivity contribution is 5.80. The number of hydrogen-bond donors (Lipinski definition) is 1. The molecule has 7 nitrogen and oxygen atoms in total. The lowest BCUT2D eigenvalue weighted by Crippen LogP contribution is -2.44. The number of nitrogens with zero attached hydrogens (tertiary/aromatic N) is 5. The van der Waals surface area contributed by atoms with Crippen LogP contribution in [0.4, 0.5) is 5.82 Å². The molecule has 4 rings (SSSR count). The quantitative estimate of drug-likeness (QED) is 0.590. The van der Waals surface area contributed by atoms with Gasteiger partial charge in [0, 0.05) is 65.0 Å². The minimum atomic E-state index is 0.522. The monoisotopic (exact) mass is 422 g/mol. The minimum Gasteiger partial charge on any atom is -0.497 e. The van der Waals surface area contributed by atoms with Gasteiger partial charge in [-0.2, -0.15) is 0 Å². The first kappa shape index (κ1) is 21.4. The molecule has 1 N–H and O–H groups in total. The van der Waals surface area contributed by atoms with Gasteiger partial charge in [-0.1, -0.05) is 12.1 Å². The van der Waals surface area contributed by atoms with Crippen LogP contribution in [0, 0.1) is 0 Å². The van der Waals surface area contributed by atoms with E-state index in [-0.39, 0.29) is 0 Å². The Balaban J connectivity index is 1.33. The summed E-state index contributed by atoms with van der Waals surface area (Å²) in [6.45, 7) is 6.97. The van der Waals surface area contributed by atoms with Crippen LogP contribution in [0.2, 0.25) is 0 Å². The largest absolute Gasteiger partial charge is 0.497 e. The number of likely N-dealkylation sites (N-methyl/N-ethyl adjacent to an activating group) is 1. The first-order valence-corrected chi connectivity index (χ1v) is 11.1. The number of rotatable bonds is 5. The molecule has 0 amide bonds. The highest BCUT2D eigenvalue weighted by Crippen LogP contribution is 2.28. The highest BCUT2D eigenvalue weighted by Gasteiger charge is 2.26. The summed E-state index contributed by atoms with van der Waals surface area (Å²) >= 11 is 0. The molecule has 2 aliphatic heterocycles. The summed E-state index contributed by atoms with van der Waals surface area (Å²) in [6, 6.07) is 12.7. The molecular formula is C24H34N6O. The van der Waals surface area contributed by atoms with E-state index in [1.54, 1.807) is 7.11 Å². The van der Waals surface area contributed by atoms with Crippen LogP contribution >= 0.6 is 0 Å². The Morgan fingerprint density at radius 1 is 1.13 bits per heavy atom. The molecule has 2 aliphatic rings. The Bertz CT molecular complexity index is 876. The Kier molecular flexibility index (Phi) is 6.92. The third-order valence-electron chi connectivity index (χ3n) is 6.37. The van der Waals surface area contributed by atoms with Gasteiger partial charge < -0.3 is 24.8 Å². The third-order valence-corrected chi connectivity index (χ3v) is 6.37. The van der Waals surface area contributed by atoms with Crippen molar-refractivity contribution in [2.75, 3.05) is 65.4 Å². The van der Waals surface area contributed by atoms with Gasteiger partial charge in [0.05, 0.1) is 7.11 Å². The van der Waals surface area contributed by atoms with Crippen LogP contribution in [0.15, 0.2) is 47.6 Å². The van der Waals surface area contributed by atoms with Gasteiger partial charge in [0.15, 0.2) is 5.96 Å². The molecule has 2 fully saturated rings. The number of pyridine rings is 1. The van der Waals surface area contributed by atoms with Crippen LogP contribution in [0.1, 0.15) is 23.5 Å². The van der Waals surface area contributed by atoms with E-state index in [4.69, 9.17) is 4.74 Å². The number of ether oxygens (including phenoxy) is 1. The topological polar surface area (TPSA) is 56.2 Å². The van der Waals surface area contributed by atoms with Crippen molar-refractivity contribution in [2.24, 2.45) is 4.99 Å². The number of nitrogens with one attached hydrogen (secondary N) is 1. The molecule has 166 valence electrons. The Morgan fingerprint density at radius 3 is 2.61 bits per heavy atom. The molecule has 0 saturated carbocycles. The second-order valence-electron chi connectivity index (χ2n) is 8.42. The third kappa shape index (κ3) is 5.28. The molecule has 0 spiro atoms. The summed E-state index contributed by atoms with van der Waals surface area (Å²) in [5.41, 5.74) is 2.60. The molecule has 0 radical (unpaired) electrons. The maximum Gasteiger partial charge on any atom is 0.193 e. The SMILES string of the molecule is CN=C(NCc1ccnc(N2CCN(C)CC2)c1)N1CCC(c2ccc(OC)cc2)C1. The smallest absolute Gasteiger partial charge is 0.193 e. The van der Waals surface area contributed by atoms with Crippen LogP contribution in [0.25, 0.3) is 0 Å². The number of guanidine groups is 1. The Labute approximate surface area is 185 Å². The molecule has 1 unspecified atom stereocenters. The maximum absolute atomic E-state index is 5.29. The van der Waals surface area contributed by atoms with Gasteiger partial charge in [-0.3, -0.25) is 4.99 Å². The molecule has 31 heavy (non-hydrogen) atoms. The molecule has 2 aromatic rings. The molecule has 0 bridgehead atoms. The average molecular weight is 423 g/mol. The fourth-order valence-electron chi connectivity index (χ4n) is 4.39. The second-order valence-corrected chi connectivity index (χ2v) is 8.42. The highest BCUT2D eigenvalue weighted by atomic mass is 16.5. The normalized spacial score (nSPS) is 20.2. The van der Waals surface area contributed by atoms with Crippen LogP contribution in [-0.2, 0) is 6.54 Å². The van der Waals surface area contributed by atoms with E-state index in [1.807, 2.05) is 25.4 Å². The number of hydrogen-bond acceptors (Lipinski definition) is 5. The molecule has 0 aliphatic carbocycles. The van der Waals surface area contributed by atoms with Gasteiger partial charge in [-0.05, 0) is 48.9 Å². The van der Waals surface area contributed by atoms with Crippen LogP contribution in [0.3, 0.4) is 0 Å². The number of aromatic nitrogens is 1. The maximum atomic E-state index is 5.29. The van der Waals surface area contributed by atoms with Crippen molar-refractivity contribution in [1.29, 1.82) is 0 Å². The molecule has 2 saturated heterocycles. The van der Waals surface area contributed by atoms with Crippen molar-refractivity contribution in [3.63, 3.8) is 0 Å². The number of benzene rings is 1. The van der Waals surface area contributed by atoms with Gasteiger partial charge in [-0.15, -0.1) is 0 Å².